The first-order valence-corrected chi connectivity index (χ1v) is 11.5. The van der Waals surface area contributed by atoms with Crippen molar-refractivity contribution >= 4 is 22.8 Å². The molecule has 0 spiro atoms. The standard InChI is InChI=1S/C22H25N7OS/c1-14-7-21(23)26-15(2)20(14)9-25-31(30)19-8-24-29(13-19)12-18-11-28-10-17(16-3-4-16)5-6-22(28)27-18/h5-8,10-11,13,16,25H,3-4,9,12H2,1-2H3,(H2,23,26). The van der Waals surface area contributed by atoms with E-state index in [1.807, 2.05) is 26.1 Å². The van der Waals surface area contributed by atoms with Crippen molar-refractivity contribution in [3.63, 3.8) is 0 Å². The van der Waals surface area contributed by atoms with Crippen LogP contribution in [0.15, 0.2) is 47.9 Å². The molecule has 4 aromatic heterocycles. The van der Waals surface area contributed by atoms with E-state index in [9.17, 15) is 4.55 Å². The van der Waals surface area contributed by atoms with Crippen molar-refractivity contribution in [1.82, 2.24) is 28.9 Å². The van der Waals surface area contributed by atoms with Crippen LogP contribution >= 0.6 is 0 Å². The first-order valence-electron chi connectivity index (χ1n) is 10.3. The third-order valence-electron chi connectivity index (χ3n) is 5.67. The fourth-order valence-electron chi connectivity index (χ4n) is 3.86. The van der Waals surface area contributed by atoms with Crippen molar-refractivity contribution in [2.24, 2.45) is 0 Å². The number of aromatic nitrogens is 5. The summed E-state index contributed by atoms with van der Waals surface area (Å²) < 4.78 is 19.6. The van der Waals surface area contributed by atoms with Crippen molar-refractivity contribution in [1.29, 1.82) is 0 Å². The number of imidazole rings is 1. The lowest BCUT2D eigenvalue weighted by molar-refractivity contribution is 0.579. The van der Waals surface area contributed by atoms with Crippen LogP contribution in [0.2, 0.25) is 0 Å². The van der Waals surface area contributed by atoms with Gasteiger partial charge in [0.15, 0.2) is 0 Å². The van der Waals surface area contributed by atoms with Gasteiger partial charge in [0, 0.05) is 18.1 Å². The molecule has 1 atom stereocenters. The molecule has 1 aliphatic carbocycles. The maximum Gasteiger partial charge on any atom is 0.211 e. The van der Waals surface area contributed by atoms with Gasteiger partial charge >= 0.3 is 0 Å². The predicted octanol–water partition coefficient (Wildman–Crippen LogP) is 2.86. The summed E-state index contributed by atoms with van der Waals surface area (Å²) in [6.07, 6.45) is 10.2. The second-order valence-electron chi connectivity index (χ2n) is 8.13. The molecule has 8 nitrogen and oxygen atoms in total. The van der Waals surface area contributed by atoms with Crippen molar-refractivity contribution in [3.8, 4) is 0 Å². The van der Waals surface area contributed by atoms with Crippen molar-refractivity contribution in [2.45, 2.75) is 50.6 Å². The van der Waals surface area contributed by atoms with Crippen LogP contribution in [0.25, 0.3) is 5.65 Å². The quantitative estimate of drug-likeness (QED) is 0.432. The molecule has 0 saturated heterocycles. The molecule has 31 heavy (non-hydrogen) atoms. The van der Waals surface area contributed by atoms with Crippen molar-refractivity contribution in [2.75, 3.05) is 5.73 Å². The molecule has 1 unspecified atom stereocenters. The molecule has 0 radical (unpaired) electrons. The molecule has 4 aromatic rings. The third-order valence-corrected chi connectivity index (χ3v) is 6.72. The molecule has 3 N–H and O–H groups in total. The summed E-state index contributed by atoms with van der Waals surface area (Å²) in [5.74, 6) is 1.21. The van der Waals surface area contributed by atoms with Gasteiger partial charge in [0.1, 0.15) is 17.7 Å². The molecule has 9 heteroatoms. The van der Waals surface area contributed by atoms with Gasteiger partial charge in [-0.15, -0.1) is 4.72 Å². The minimum absolute atomic E-state index is 0.443. The van der Waals surface area contributed by atoms with Crippen LogP contribution in [0, 0.1) is 13.8 Å². The van der Waals surface area contributed by atoms with Gasteiger partial charge in [-0.3, -0.25) is 4.68 Å². The highest BCUT2D eigenvalue weighted by atomic mass is 32.2. The van der Waals surface area contributed by atoms with Crippen molar-refractivity contribution < 1.29 is 4.55 Å². The number of nitrogen functional groups attached to an aromatic ring is 1. The van der Waals surface area contributed by atoms with E-state index in [2.05, 4.69) is 42.5 Å². The van der Waals surface area contributed by atoms with Crippen LogP contribution in [-0.2, 0) is 24.5 Å². The second kappa shape index (κ2) is 7.99. The molecular formula is C22H25N7OS. The minimum atomic E-state index is -1.38. The molecular weight excluding hydrogens is 410 g/mol. The Morgan fingerprint density at radius 1 is 1.19 bits per heavy atom. The highest BCUT2D eigenvalue weighted by Gasteiger charge is 2.24. The van der Waals surface area contributed by atoms with Crippen LogP contribution in [0.3, 0.4) is 0 Å². The molecule has 160 valence electrons. The Labute approximate surface area is 183 Å². The number of pyridine rings is 2. The van der Waals surface area contributed by atoms with Gasteiger partial charge in [0.2, 0.25) is 4.90 Å². The molecule has 1 aliphatic rings. The summed E-state index contributed by atoms with van der Waals surface area (Å²) in [5.41, 5.74) is 11.9. The summed E-state index contributed by atoms with van der Waals surface area (Å²) in [6, 6.07) is 6.07. The largest absolute Gasteiger partial charge is 0.593 e. The van der Waals surface area contributed by atoms with Gasteiger partial charge in [-0.05, 0) is 61.4 Å². The van der Waals surface area contributed by atoms with Gasteiger partial charge in [0.05, 0.1) is 36.3 Å². The summed E-state index contributed by atoms with van der Waals surface area (Å²) in [4.78, 5) is 9.59. The van der Waals surface area contributed by atoms with Gasteiger partial charge in [0.25, 0.3) is 0 Å². The molecule has 4 heterocycles. The van der Waals surface area contributed by atoms with Crippen LogP contribution in [0.5, 0.6) is 0 Å². The van der Waals surface area contributed by atoms with E-state index < -0.39 is 11.4 Å². The first-order chi connectivity index (χ1) is 15.0. The summed E-state index contributed by atoms with van der Waals surface area (Å²) in [7, 11) is 0. The van der Waals surface area contributed by atoms with E-state index in [0.717, 1.165) is 28.2 Å². The average Bonchev–Trinajstić information content (AvgIpc) is 3.34. The lowest BCUT2D eigenvalue weighted by Gasteiger charge is -2.12. The Kier molecular flexibility index (Phi) is 5.17. The van der Waals surface area contributed by atoms with Gasteiger partial charge in [-0.2, -0.15) is 5.10 Å². The number of nitrogens with one attached hydrogen (secondary N) is 1. The third kappa shape index (κ3) is 4.30. The van der Waals surface area contributed by atoms with E-state index in [0.29, 0.717) is 29.7 Å². The van der Waals surface area contributed by atoms with E-state index in [-0.39, 0.29) is 0 Å². The molecule has 1 saturated carbocycles. The maximum absolute atomic E-state index is 12.7. The molecule has 0 aliphatic heterocycles. The highest BCUT2D eigenvalue weighted by Crippen LogP contribution is 2.39. The Bertz CT molecular complexity index is 1220. The Hall–Kier alpha value is -2.88. The van der Waals surface area contributed by atoms with Crippen LogP contribution in [-0.4, -0.2) is 28.7 Å². The number of hydrogen-bond donors (Lipinski definition) is 2. The number of fused-ring (bicyclic) bond motifs is 1. The number of anilines is 1. The highest BCUT2D eigenvalue weighted by molar-refractivity contribution is 7.89. The summed E-state index contributed by atoms with van der Waals surface area (Å²) in [5, 5.41) is 4.37. The van der Waals surface area contributed by atoms with E-state index >= 15 is 0 Å². The van der Waals surface area contributed by atoms with E-state index in [1.54, 1.807) is 17.1 Å². The summed E-state index contributed by atoms with van der Waals surface area (Å²) >= 11 is -1.38. The number of nitrogens with two attached hydrogens (primary N) is 1. The molecule has 0 aromatic carbocycles. The lowest BCUT2D eigenvalue weighted by Crippen LogP contribution is -2.24. The van der Waals surface area contributed by atoms with Gasteiger partial charge in [-0.1, -0.05) is 6.07 Å². The Balaban J connectivity index is 1.25. The Morgan fingerprint density at radius 3 is 2.81 bits per heavy atom. The Morgan fingerprint density at radius 2 is 2.03 bits per heavy atom. The van der Waals surface area contributed by atoms with Gasteiger partial charge in [-0.25, -0.2) is 9.97 Å². The first kappa shape index (κ1) is 20.0. The predicted molar refractivity (Wildman–Crippen MR) is 120 cm³/mol. The maximum atomic E-state index is 12.7. The fraction of sp³-hybridized carbons (Fsp3) is 0.318. The van der Waals surface area contributed by atoms with Crippen LogP contribution in [0.1, 0.15) is 46.8 Å². The number of hydrogen-bond acceptors (Lipinski definition) is 6. The van der Waals surface area contributed by atoms with Gasteiger partial charge < -0.3 is 14.7 Å². The zero-order valence-electron chi connectivity index (χ0n) is 17.6. The number of rotatable bonds is 7. The smallest absolute Gasteiger partial charge is 0.211 e. The zero-order valence-corrected chi connectivity index (χ0v) is 18.4. The lowest BCUT2D eigenvalue weighted by atomic mass is 10.1. The van der Waals surface area contributed by atoms with E-state index in [1.165, 1.54) is 18.4 Å². The molecule has 0 bridgehead atoms. The monoisotopic (exact) mass is 435 g/mol. The fourth-order valence-corrected chi connectivity index (χ4v) is 4.67. The zero-order chi connectivity index (χ0) is 21.5. The number of nitrogens with zero attached hydrogens (tertiary/aromatic N) is 5. The van der Waals surface area contributed by atoms with Crippen LogP contribution in [0.4, 0.5) is 5.82 Å². The SMILES string of the molecule is Cc1cc(N)nc(C)c1CN[S+]([O-])c1cnn(Cc2cn3cc(C4CC4)ccc3n2)c1. The second-order valence-corrected chi connectivity index (χ2v) is 9.42. The topological polar surface area (TPSA) is 109 Å². The molecule has 5 rings (SSSR count). The van der Waals surface area contributed by atoms with E-state index in [4.69, 9.17) is 5.73 Å². The normalized spacial score (nSPS) is 14.9. The minimum Gasteiger partial charge on any atom is -0.593 e. The average molecular weight is 436 g/mol. The van der Waals surface area contributed by atoms with Crippen LogP contribution < -0.4 is 10.5 Å². The number of aryl methyl sites for hydroxylation is 2. The molecule has 1 fully saturated rings. The van der Waals surface area contributed by atoms with Crippen molar-refractivity contribution in [3.05, 3.63) is 71.1 Å². The molecule has 0 amide bonds. The summed E-state index contributed by atoms with van der Waals surface area (Å²) in [6.45, 7) is 4.85.